The zero-order valence-corrected chi connectivity index (χ0v) is 15.1. The summed E-state index contributed by atoms with van der Waals surface area (Å²) in [6, 6.07) is 15.2. The molecule has 2 aromatic carbocycles. The van der Waals surface area contributed by atoms with E-state index in [4.69, 9.17) is 9.47 Å². The number of para-hydroxylation sites is 2. The quantitative estimate of drug-likeness (QED) is 0.699. The molecular formula is C21H23N3O3. The summed E-state index contributed by atoms with van der Waals surface area (Å²) in [6.45, 7) is 2.59. The van der Waals surface area contributed by atoms with Gasteiger partial charge in [0, 0.05) is 25.3 Å². The minimum absolute atomic E-state index is 0.0925. The second-order valence-corrected chi connectivity index (χ2v) is 6.65. The number of amides is 1. The molecule has 4 rings (SSSR count). The Bertz CT molecular complexity index is 898. The minimum atomic E-state index is -0.0925. The van der Waals surface area contributed by atoms with Crippen molar-refractivity contribution in [1.82, 2.24) is 14.9 Å². The topological polar surface area (TPSA) is 65.4 Å². The molecule has 2 heterocycles. The normalized spacial score (nSPS) is 16.5. The lowest BCUT2D eigenvalue weighted by atomic mass is 10.2. The lowest BCUT2D eigenvalue weighted by molar-refractivity contribution is 0.0679. The predicted molar refractivity (Wildman–Crippen MR) is 103 cm³/mol. The number of aromatic nitrogens is 2. The highest BCUT2D eigenvalue weighted by atomic mass is 16.5. The minimum Gasteiger partial charge on any atom is -0.491 e. The monoisotopic (exact) mass is 365 g/mol. The summed E-state index contributed by atoms with van der Waals surface area (Å²) in [5, 5.41) is 2.95. The van der Waals surface area contributed by atoms with Crippen LogP contribution in [0.4, 0.5) is 0 Å². The van der Waals surface area contributed by atoms with Crippen molar-refractivity contribution in [3.05, 3.63) is 60.4 Å². The van der Waals surface area contributed by atoms with Crippen LogP contribution in [-0.2, 0) is 11.3 Å². The van der Waals surface area contributed by atoms with E-state index in [-0.39, 0.29) is 12.0 Å². The van der Waals surface area contributed by atoms with E-state index in [1.807, 2.05) is 41.0 Å². The lowest BCUT2D eigenvalue weighted by Gasteiger charge is -2.12. The number of imidazole rings is 1. The Hall–Kier alpha value is -2.86. The standard InChI is InChI=1S/C21H23N3O3/c25-21(22-11-12-24-15-23-19-5-1-2-6-20(19)24)16-7-9-17(10-8-16)27-14-18-4-3-13-26-18/h1-2,5-10,15,18H,3-4,11-14H2,(H,22,25)/t18-/m1/s1. The summed E-state index contributed by atoms with van der Waals surface area (Å²) in [6.07, 6.45) is 4.14. The number of ether oxygens (including phenoxy) is 2. The fourth-order valence-electron chi connectivity index (χ4n) is 3.25. The summed E-state index contributed by atoms with van der Waals surface area (Å²) in [7, 11) is 0. The highest BCUT2D eigenvalue weighted by Crippen LogP contribution is 2.16. The number of nitrogens with zero attached hydrogens (tertiary/aromatic N) is 2. The average molecular weight is 365 g/mol. The summed E-state index contributed by atoms with van der Waals surface area (Å²) in [5.41, 5.74) is 2.65. The Morgan fingerprint density at radius 3 is 2.89 bits per heavy atom. The second-order valence-electron chi connectivity index (χ2n) is 6.65. The zero-order valence-electron chi connectivity index (χ0n) is 15.1. The van der Waals surface area contributed by atoms with E-state index in [1.54, 1.807) is 18.5 Å². The van der Waals surface area contributed by atoms with Crippen LogP contribution in [0.2, 0.25) is 0 Å². The van der Waals surface area contributed by atoms with Gasteiger partial charge in [-0.2, -0.15) is 0 Å². The Kier molecular flexibility index (Phi) is 5.34. The van der Waals surface area contributed by atoms with Gasteiger partial charge in [-0.25, -0.2) is 4.98 Å². The van der Waals surface area contributed by atoms with Crippen LogP contribution in [0.1, 0.15) is 23.2 Å². The van der Waals surface area contributed by atoms with Gasteiger partial charge in [0.05, 0.1) is 23.5 Å². The number of hydrogen-bond acceptors (Lipinski definition) is 4. The third-order valence-electron chi connectivity index (χ3n) is 4.74. The predicted octanol–water partition coefficient (Wildman–Crippen LogP) is 3.02. The number of hydrogen-bond donors (Lipinski definition) is 1. The van der Waals surface area contributed by atoms with Gasteiger partial charge in [0.15, 0.2) is 0 Å². The molecule has 6 heteroatoms. The first-order valence-electron chi connectivity index (χ1n) is 9.32. The smallest absolute Gasteiger partial charge is 0.251 e. The van der Waals surface area contributed by atoms with Gasteiger partial charge in [-0.3, -0.25) is 4.79 Å². The molecule has 3 aromatic rings. The Balaban J connectivity index is 1.26. The molecule has 1 aromatic heterocycles. The molecule has 0 aliphatic carbocycles. The molecular weight excluding hydrogens is 342 g/mol. The molecule has 1 amide bonds. The first kappa shape index (κ1) is 17.5. The maximum absolute atomic E-state index is 12.3. The van der Waals surface area contributed by atoms with Crippen molar-refractivity contribution >= 4 is 16.9 Å². The lowest BCUT2D eigenvalue weighted by Crippen LogP contribution is -2.27. The van der Waals surface area contributed by atoms with E-state index in [2.05, 4.69) is 10.3 Å². The molecule has 1 saturated heterocycles. The molecule has 0 saturated carbocycles. The van der Waals surface area contributed by atoms with Gasteiger partial charge < -0.3 is 19.4 Å². The van der Waals surface area contributed by atoms with Crippen molar-refractivity contribution in [3.63, 3.8) is 0 Å². The third kappa shape index (κ3) is 4.28. The van der Waals surface area contributed by atoms with Crippen molar-refractivity contribution in [3.8, 4) is 5.75 Å². The largest absolute Gasteiger partial charge is 0.491 e. The van der Waals surface area contributed by atoms with Gasteiger partial charge >= 0.3 is 0 Å². The summed E-state index contributed by atoms with van der Waals surface area (Å²) >= 11 is 0. The Morgan fingerprint density at radius 2 is 2.07 bits per heavy atom. The van der Waals surface area contributed by atoms with E-state index < -0.39 is 0 Å². The van der Waals surface area contributed by atoms with Crippen LogP contribution < -0.4 is 10.1 Å². The molecule has 0 spiro atoms. The average Bonchev–Trinajstić information content (AvgIpc) is 3.37. The van der Waals surface area contributed by atoms with Gasteiger partial charge in [-0.1, -0.05) is 12.1 Å². The van der Waals surface area contributed by atoms with Crippen LogP contribution in [0.3, 0.4) is 0 Å². The Labute approximate surface area is 158 Å². The number of benzene rings is 2. The highest BCUT2D eigenvalue weighted by molar-refractivity contribution is 5.94. The zero-order chi connectivity index (χ0) is 18.5. The van der Waals surface area contributed by atoms with Crippen molar-refractivity contribution in [1.29, 1.82) is 0 Å². The van der Waals surface area contributed by atoms with Crippen LogP contribution in [-0.4, -0.2) is 41.3 Å². The van der Waals surface area contributed by atoms with Gasteiger partial charge in [0.1, 0.15) is 12.4 Å². The molecule has 0 unspecified atom stereocenters. The molecule has 1 N–H and O–H groups in total. The molecule has 0 bridgehead atoms. The molecule has 1 fully saturated rings. The van der Waals surface area contributed by atoms with E-state index in [9.17, 15) is 4.79 Å². The van der Waals surface area contributed by atoms with Crippen LogP contribution in [0, 0.1) is 0 Å². The number of rotatable bonds is 7. The van der Waals surface area contributed by atoms with Gasteiger partial charge in [0.2, 0.25) is 0 Å². The SMILES string of the molecule is O=C(NCCn1cnc2ccccc21)c1ccc(OC[C@H]2CCCO2)cc1. The number of carbonyl (C=O) groups is 1. The van der Waals surface area contributed by atoms with Crippen molar-refractivity contribution in [2.24, 2.45) is 0 Å². The van der Waals surface area contributed by atoms with Gasteiger partial charge in [0.25, 0.3) is 5.91 Å². The summed E-state index contributed by atoms with van der Waals surface area (Å²) < 4.78 is 13.3. The first-order valence-corrected chi connectivity index (χ1v) is 9.32. The molecule has 6 nitrogen and oxygen atoms in total. The van der Waals surface area contributed by atoms with E-state index in [0.29, 0.717) is 25.3 Å². The second kappa shape index (κ2) is 8.22. The Morgan fingerprint density at radius 1 is 1.22 bits per heavy atom. The first-order chi connectivity index (χ1) is 13.3. The molecule has 1 aliphatic rings. The van der Waals surface area contributed by atoms with Crippen LogP contribution in [0.5, 0.6) is 5.75 Å². The van der Waals surface area contributed by atoms with Crippen LogP contribution >= 0.6 is 0 Å². The van der Waals surface area contributed by atoms with Crippen molar-refractivity contribution in [2.45, 2.75) is 25.5 Å². The fraction of sp³-hybridized carbons (Fsp3) is 0.333. The van der Waals surface area contributed by atoms with Crippen molar-refractivity contribution < 1.29 is 14.3 Å². The molecule has 27 heavy (non-hydrogen) atoms. The van der Waals surface area contributed by atoms with E-state index >= 15 is 0 Å². The maximum atomic E-state index is 12.3. The van der Waals surface area contributed by atoms with E-state index in [0.717, 1.165) is 36.2 Å². The fourth-order valence-corrected chi connectivity index (χ4v) is 3.25. The summed E-state index contributed by atoms with van der Waals surface area (Å²) in [5.74, 6) is 0.664. The highest BCUT2D eigenvalue weighted by Gasteiger charge is 2.16. The van der Waals surface area contributed by atoms with E-state index in [1.165, 1.54) is 0 Å². The summed E-state index contributed by atoms with van der Waals surface area (Å²) in [4.78, 5) is 16.7. The maximum Gasteiger partial charge on any atom is 0.251 e. The van der Waals surface area contributed by atoms with Crippen LogP contribution in [0.25, 0.3) is 11.0 Å². The van der Waals surface area contributed by atoms with Crippen LogP contribution in [0.15, 0.2) is 54.9 Å². The number of carbonyl (C=O) groups excluding carboxylic acids is 1. The van der Waals surface area contributed by atoms with Gasteiger partial charge in [-0.15, -0.1) is 0 Å². The molecule has 1 aliphatic heterocycles. The number of nitrogens with one attached hydrogen (secondary N) is 1. The van der Waals surface area contributed by atoms with Crippen molar-refractivity contribution in [2.75, 3.05) is 19.8 Å². The molecule has 140 valence electrons. The van der Waals surface area contributed by atoms with Gasteiger partial charge in [-0.05, 0) is 49.2 Å². The number of fused-ring (bicyclic) bond motifs is 1. The molecule has 1 atom stereocenters. The molecule has 0 radical (unpaired) electrons. The third-order valence-corrected chi connectivity index (χ3v) is 4.74.